The molecule has 0 bridgehead atoms. The molecule has 198 valence electrons. The molecule has 3 heterocycles. The number of aromatic carboxylic acids is 1. The fourth-order valence-corrected chi connectivity index (χ4v) is 4.15. The van der Waals surface area contributed by atoms with Crippen LogP contribution in [0.5, 0.6) is 0 Å². The number of amides is 2. The number of aromatic nitrogens is 4. The van der Waals surface area contributed by atoms with Crippen molar-refractivity contribution >= 4 is 34.4 Å². The minimum atomic E-state index is -4.47. The number of benzene rings is 2. The maximum atomic E-state index is 12.8. The molecule has 9 nitrogen and oxygen atoms in total. The number of H-pyrrole nitrogens is 1. The number of hydrogen-bond acceptors (Lipinski definition) is 4. The molecular formula is C27H21F3N6O3. The predicted molar refractivity (Wildman–Crippen MR) is 139 cm³/mol. The quantitative estimate of drug-likeness (QED) is 0.199. The van der Waals surface area contributed by atoms with Crippen LogP contribution in [0.4, 0.5) is 29.3 Å². The molecule has 0 unspecified atom stereocenters. The van der Waals surface area contributed by atoms with Crippen LogP contribution in [0.25, 0.3) is 33.4 Å². The van der Waals surface area contributed by atoms with Crippen LogP contribution in [0.2, 0.25) is 0 Å². The Labute approximate surface area is 219 Å². The van der Waals surface area contributed by atoms with E-state index in [0.717, 1.165) is 23.3 Å². The highest BCUT2D eigenvalue weighted by atomic mass is 19.4. The van der Waals surface area contributed by atoms with Gasteiger partial charge in [0, 0.05) is 46.8 Å². The lowest BCUT2D eigenvalue weighted by Crippen LogP contribution is -2.19. The molecule has 0 aliphatic rings. The molecule has 0 spiro atoms. The van der Waals surface area contributed by atoms with Gasteiger partial charge in [-0.3, -0.25) is 4.68 Å². The van der Waals surface area contributed by atoms with Crippen LogP contribution in [0.1, 0.15) is 23.0 Å². The van der Waals surface area contributed by atoms with E-state index in [0.29, 0.717) is 34.5 Å². The first-order valence-corrected chi connectivity index (χ1v) is 11.8. The van der Waals surface area contributed by atoms with E-state index in [1.54, 1.807) is 35.1 Å². The zero-order chi connectivity index (χ0) is 27.7. The summed E-state index contributed by atoms with van der Waals surface area (Å²) >= 11 is 0. The van der Waals surface area contributed by atoms with Crippen molar-refractivity contribution in [2.45, 2.75) is 19.6 Å². The second-order valence-electron chi connectivity index (χ2n) is 8.59. The lowest BCUT2D eigenvalue weighted by atomic mass is 10.00. The monoisotopic (exact) mass is 534 g/mol. The van der Waals surface area contributed by atoms with Crippen molar-refractivity contribution in [1.82, 2.24) is 19.7 Å². The van der Waals surface area contributed by atoms with Gasteiger partial charge in [-0.2, -0.15) is 18.3 Å². The average Bonchev–Trinajstić information content (AvgIpc) is 3.53. The zero-order valence-corrected chi connectivity index (χ0v) is 20.4. The SMILES string of the molecule is CCn1cc(-c2ccnc3[nH]c(C(=O)O)cc23)c(-c2cccc(NC(=O)Nc3ccc(C(F)(F)F)cc3)c2)n1. The first-order chi connectivity index (χ1) is 18.6. The van der Waals surface area contributed by atoms with Crippen molar-refractivity contribution < 1.29 is 27.9 Å². The third-order valence-corrected chi connectivity index (χ3v) is 6.00. The molecule has 4 N–H and O–H groups in total. The van der Waals surface area contributed by atoms with E-state index in [-0.39, 0.29) is 11.4 Å². The Balaban J connectivity index is 1.43. The summed E-state index contributed by atoms with van der Waals surface area (Å²) in [5.74, 6) is -1.10. The number of carbonyl (C=O) groups is 2. The molecule has 0 saturated heterocycles. The lowest BCUT2D eigenvalue weighted by molar-refractivity contribution is -0.137. The summed E-state index contributed by atoms with van der Waals surface area (Å²) in [7, 11) is 0. The van der Waals surface area contributed by atoms with E-state index in [4.69, 9.17) is 0 Å². The topological polar surface area (TPSA) is 125 Å². The number of pyridine rings is 1. The standard InChI is InChI=1S/C27H21F3N6O3/c1-2-36-14-21(19-10-11-31-24-20(19)13-22(34-24)25(37)38)23(35-36)15-4-3-5-18(12-15)33-26(39)32-17-8-6-16(7-9-17)27(28,29)30/h3-14H,2H2,1H3,(H,31,34)(H,37,38)(H2,32,33,39). The van der Waals surface area contributed by atoms with Crippen molar-refractivity contribution in [2.24, 2.45) is 0 Å². The van der Waals surface area contributed by atoms with Crippen molar-refractivity contribution in [3.63, 3.8) is 0 Å². The van der Waals surface area contributed by atoms with Crippen molar-refractivity contribution in [1.29, 1.82) is 0 Å². The van der Waals surface area contributed by atoms with Crippen LogP contribution >= 0.6 is 0 Å². The van der Waals surface area contributed by atoms with Gasteiger partial charge in [-0.15, -0.1) is 0 Å². The summed E-state index contributed by atoms with van der Waals surface area (Å²) in [4.78, 5) is 31.1. The van der Waals surface area contributed by atoms with E-state index in [2.05, 4.69) is 25.7 Å². The smallest absolute Gasteiger partial charge is 0.416 e. The minimum absolute atomic E-state index is 0.0136. The molecule has 39 heavy (non-hydrogen) atoms. The average molecular weight is 534 g/mol. The van der Waals surface area contributed by atoms with Crippen LogP contribution in [0, 0.1) is 0 Å². The first kappa shape index (κ1) is 25.5. The Kier molecular flexibility index (Phi) is 6.52. The number of carboxylic acid groups (broad SMARTS) is 1. The zero-order valence-electron chi connectivity index (χ0n) is 20.4. The van der Waals surface area contributed by atoms with Crippen LogP contribution < -0.4 is 10.6 Å². The van der Waals surface area contributed by atoms with E-state index in [9.17, 15) is 27.9 Å². The highest BCUT2D eigenvalue weighted by Gasteiger charge is 2.30. The van der Waals surface area contributed by atoms with Gasteiger partial charge < -0.3 is 20.7 Å². The van der Waals surface area contributed by atoms with Crippen molar-refractivity contribution in [3.05, 3.63) is 84.3 Å². The molecule has 0 aliphatic carbocycles. The van der Waals surface area contributed by atoms with E-state index in [1.165, 1.54) is 18.2 Å². The van der Waals surface area contributed by atoms with Crippen molar-refractivity contribution in [3.8, 4) is 22.4 Å². The molecule has 5 aromatic rings. The number of anilines is 2. The van der Waals surface area contributed by atoms with Crippen LogP contribution in [-0.4, -0.2) is 36.9 Å². The number of aromatic amines is 1. The molecule has 2 amide bonds. The number of nitrogens with one attached hydrogen (secondary N) is 3. The van der Waals surface area contributed by atoms with Gasteiger partial charge in [-0.1, -0.05) is 12.1 Å². The lowest BCUT2D eigenvalue weighted by Gasteiger charge is -2.11. The highest BCUT2D eigenvalue weighted by Crippen LogP contribution is 2.36. The molecular weight excluding hydrogens is 513 g/mol. The molecule has 0 radical (unpaired) electrons. The molecule has 0 atom stereocenters. The predicted octanol–water partition coefficient (Wildman–Crippen LogP) is 6.47. The molecule has 3 aromatic heterocycles. The summed E-state index contributed by atoms with van der Waals surface area (Å²) in [6, 6.07) is 13.8. The number of carboxylic acids is 1. The normalized spacial score (nSPS) is 11.5. The van der Waals surface area contributed by atoms with Gasteiger partial charge in [0.15, 0.2) is 0 Å². The number of halogens is 3. The molecule has 0 fully saturated rings. The van der Waals surface area contributed by atoms with Crippen LogP contribution in [0.15, 0.2) is 73.1 Å². The molecule has 5 rings (SSSR count). The molecule has 12 heteroatoms. The number of carbonyl (C=O) groups excluding carboxylic acids is 1. The molecule has 0 aliphatic heterocycles. The van der Waals surface area contributed by atoms with Crippen LogP contribution in [0.3, 0.4) is 0 Å². The number of urea groups is 1. The Morgan fingerprint density at radius 3 is 2.44 bits per heavy atom. The fourth-order valence-electron chi connectivity index (χ4n) is 4.15. The number of fused-ring (bicyclic) bond motifs is 1. The summed E-state index contributed by atoms with van der Waals surface area (Å²) in [6.07, 6.45) is -1.03. The van der Waals surface area contributed by atoms with E-state index < -0.39 is 23.7 Å². The van der Waals surface area contributed by atoms with Gasteiger partial charge in [-0.25, -0.2) is 14.6 Å². The Morgan fingerprint density at radius 1 is 1.00 bits per heavy atom. The second-order valence-corrected chi connectivity index (χ2v) is 8.59. The number of alkyl halides is 3. The van der Waals surface area contributed by atoms with Crippen molar-refractivity contribution in [2.75, 3.05) is 10.6 Å². The largest absolute Gasteiger partial charge is 0.477 e. The minimum Gasteiger partial charge on any atom is -0.477 e. The van der Waals surface area contributed by atoms with Crippen LogP contribution in [-0.2, 0) is 12.7 Å². The van der Waals surface area contributed by atoms with Gasteiger partial charge in [0.25, 0.3) is 0 Å². The van der Waals surface area contributed by atoms with Gasteiger partial charge in [0.1, 0.15) is 17.0 Å². The summed E-state index contributed by atoms with van der Waals surface area (Å²) in [6.45, 7) is 2.52. The Morgan fingerprint density at radius 2 is 1.74 bits per heavy atom. The van der Waals surface area contributed by atoms with E-state index >= 15 is 0 Å². The Bertz CT molecular complexity index is 1690. The number of rotatable bonds is 6. The fraction of sp³-hybridized carbons (Fsp3) is 0.111. The molecule has 0 saturated carbocycles. The summed E-state index contributed by atoms with van der Waals surface area (Å²) < 4.78 is 40.1. The van der Waals surface area contributed by atoms with E-state index in [1.807, 2.05) is 19.2 Å². The first-order valence-electron chi connectivity index (χ1n) is 11.8. The molecule has 2 aromatic carbocycles. The third kappa shape index (κ3) is 5.30. The second kappa shape index (κ2) is 9.97. The van der Waals surface area contributed by atoms with Gasteiger partial charge >= 0.3 is 18.2 Å². The van der Waals surface area contributed by atoms with Gasteiger partial charge in [0.2, 0.25) is 0 Å². The number of nitrogens with zero attached hydrogens (tertiary/aromatic N) is 3. The van der Waals surface area contributed by atoms with Gasteiger partial charge in [0.05, 0.1) is 5.56 Å². The number of aryl methyl sites for hydroxylation is 1. The van der Waals surface area contributed by atoms with Gasteiger partial charge in [-0.05, 0) is 61.0 Å². The Hall–Kier alpha value is -5.13. The maximum absolute atomic E-state index is 12.8. The highest BCUT2D eigenvalue weighted by molar-refractivity contribution is 6.02. The summed E-state index contributed by atoms with van der Waals surface area (Å²) in [5.41, 5.74) is 3.03. The summed E-state index contributed by atoms with van der Waals surface area (Å²) in [5, 5.41) is 19.9. The third-order valence-electron chi connectivity index (χ3n) is 6.00. The maximum Gasteiger partial charge on any atom is 0.416 e. The number of hydrogen-bond donors (Lipinski definition) is 4.